The minimum absolute atomic E-state index is 0.0591. The van der Waals surface area contributed by atoms with Crippen molar-refractivity contribution >= 4 is 17.5 Å². The number of aliphatic hydroxyl groups is 1. The fraction of sp³-hybridized carbons (Fsp3) is 0.471. The van der Waals surface area contributed by atoms with Gasteiger partial charge in [-0.3, -0.25) is 4.79 Å². The number of hydrogen-bond donors (Lipinski definition) is 1. The van der Waals surface area contributed by atoms with Crippen LogP contribution in [0.3, 0.4) is 0 Å². The Bertz CT molecular complexity index is 729. The second-order valence-electron chi connectivity index (χ2n) is 6.01. The summed E-state index contributed by atoms with van der Waals surface area (Å²) in [6.07, 6.45) is 3.55. The third kappa shape index (κ3) is 3.30. The topological polar surface area (TPSA) is 71.2 Å². The van der Waals surface area contributed by atoms with Gasteiger partial charge in [0.15, 0.2) is 0 Å². The number of aryl methyl sites for hydroxylation is 1. The maximum atomic E-state index is 12.8. The van der Waals surface area contributed by atoms with Crippen LogP contribution in [0, 0.1) is 6.92 Å². The number of para-hydroxylation sites is 1. The number of piperidine rings is 1. The molecule has 0 bridgehead atoms. The summed E-state index contributed by atoms with van der Waals surface area (Å²) in [6.45, 7) is 2.56. The van der Waals surface area contributed by atoms with E-state index < -0.39 is 0 Å². The summed E-state index contributed by atoms with van der Waals surface area (Å²) in [5, 5.41) is 14.2. The average molecular weight is 349 g/mol. The quantitative estimate of drug-likeness (QED) is 0.922. The van der Waals surface area contributed by atoms with E-state index in [-0.39, 0.29) is 24.4 Å². The van der Waals surface area contributed by atoms with Gasteiger partial charge >= 0.3 is 0 Å². The standard InChI is InChI=1S/C17H21ClN4O2/c1-12-19-16(20-22(12)15-8-3-2-7-14(15)18)17(24)21-10-5-4-6-13(21)9-11-23/h2-3,7-8,13,23H,4-6,9-11H2,1H3. The van der Waals surface area contributed by atoms with E-state index in [1.54, 1.807) is 22.6 Å². The van der Waals surface area contributed by atoms with Crippen molar-refractivity contribution in [2.45, 2.75) is 38.6 Å². The van der Waals surface area contributed by atoms with Crippen molar-refractivity contribution in [3.8, 4) is 5.69 Å². The van der Waals surface area contributed by atoms with Gasteiger partial charge in [-0.1, -0.05) is 23.7 Å². The van der Waals surface area contributed by atoms with E-state index in [9.17, 15) is 9.90 Å². The molecular weight excluding hydrogens is 328 g/mol. The number of likely N-dealkylation sites (tertiary alicyclic amines) is 1. The van der Waals surface area contributed by atoms with Crippen molar-refractivity contribution in [1.29, 1.82) is 0 Å². The maximum absolute atomic E-state index is 12.8. The van der Waals surface area contributed by atoms with Crippen LogP contribution in [0.25, 0.3) is 5.69 Å². The van der Waals surface area contributed by atoms with E-state index in [1.807, 2.05) is 18.2 Å². The van der Waals surface area contributed by atoms with Gasteiger partial charge in [-0.2, -0.15) is 0 Å². The Morgan fingerprint density at radius 2 is 2.17 bits per heavy atom. The van der Waals surface area contributed by atoms with Crippen LogP contribution < -0.4 is 0 Å². The number of halogens is 1. The van der Waals surface area contributed by atoms with Gasteiger partial charge in [-0.25, -0.2) is 9.67 Å². The molecule has 7 heteroatoms. The Morgan fingerprint density at radius 1 is 1.38 bits per heavy atom. The molecule has 1 amide bonds. The average Bonchev–Trinajstić information content (AvgIpc) is 2.97. The van der Waals surface area contributed by atoms with Crippen molar-refractivity contribution in [2.75, 3.05) is 13.2 Å². The summed E-state index contributed by atoms with van der Waals surface area (Å²) >= 11 is 6.22. The number of hydrogen-bond acceptors (Lipinski definition) is 4. The molecule has 1 N–H and O–H groups in total. The number of carbonyl (C=O) groups is 1. The lowest BCUT2D eigenvalue weighted by molar-refractivity contribution is 0.0562. The van der Waals surface area contributed by atoms with Crippen LogP contribution in [0.5, 0.6) is 0 Å². The zero-order valence-corrected chi connectivity index (χ0v) is 14.4. The van der Waals surface area contributed by atoms with Crippen LogP contribution in [-0.4, -0.2) is 49.9 Å². The number of nitrogens with zero attached hydrogens (tertiary/aromatic N) is 4. The van der Waals surface area contributed by atoms with Crippen molar-refractivity contribution in [3.63, 3.8) is 0 Å². The number of benzene rings is 1. The Labute approximate surface area is 146 Å². The molecule has 1 aromatic carbocycles. The van der Waals surface area contributed by atoms with Crippen LogP contribution in [0.1, 0.15) is 42.1 Å². The third-order valence-corrected chi connectivity index (χ3v) is 4.71. The number of amides is 1. The molecule has 0 saturated carbocycles. The second-order valence-corrected chi connectivity index (χ2v) is 6.41. The minimum Gasteiger partial charge on any atom is -0.396 e. The van der Waals surface area contributed by atoms with Crippen molar-refractivity contribution in [3.05, 3.63) is 40.9 Å². The van der Waals surface area contributed by atoms with Crippen LogP contribution >= 0.6 is 11.6 Å². The van der Waals surface area contributed by atoms with Crippen LogP contribution in [0.2, 0.25) is 5.02 Å². The van der Waals surface area contributed by atoms with Crippen LogP contribution in [0.15, 0.2) is 24.3 Å². The first-order valence-corrected chi connectivity index (χ1v) is 8.60. The van der Waals surface area contributed by atoms with Gasteiger partial charge in [0.25, 0.3) is 5.91 Å². The molecule has 6 nitrogen and oxygen atoms in total. The Balaban J connectivity index is 1.89. The highest BCUT2D eigenvalue weighted by Crippen LogP contribution is 2.23. The van der Waals surface area contributed by atoms with E-state index in [0.29, 0.717) is 29.5 Å². The lowest BCUT2D eigenvalue weighted by atomic mass is 9.99. The van der Waals surface area contributed by atoms with E-state index in [1.165, 1.54) is 0 Å². The summed E-state index contributed by atoms with van der Waals surface area (Å²) in [5.41, 5.74) is 0.703. The van der Waals surface area contributed by atoms with Gasteiger partial charge < -0.3 is 10.0 Å². The lowest BCUT2D eigenvalue weighted by Gasteiger charge is -2.34. The summed E-state index contributed by atoms with van der Waals surface area (Å²) in [4.78, 5) is 19.0. The van der Waals surface area contributed by atoms with Crippen molar-refractivity contribution < 1.29 is 9.90 Å². The van der Waals surface area contributed by atoms with E-state index in [4.69, 9.17) is 11.6 Å². The van der Waals surface area contributed by atoms with Crippen molar-refractivity contribution in [1.82, 2.24) is 19.7 Å². The predicted molar refractivity (Wildman–Crippen MR) is 91.5 cm³/mol. The van der Waals surface area contributed by atoms with Crippen molar-refractivity contribution in [2.24, 2.45) is 0 Å². The SMILES string of the molecule is Cc1nc(C(=O)N2CCCCC2CCO)nn1-c1ccccc1Cl. The number of rotatable bonds is 4. The number of carbonyl (C=O) groups excluding carboxylic acids is 1. The van der Waals surface area contributed by atoms with Gasteiger partial charge in [0, 0.05) is 19.2 Å². The Kier molecular flexibility index (Phi) is 5.16. The van der Waals surface area contributed by atoms with Gasteiger partial charge in [-0.15, -0.1) is 5.10 Å². The van der Waals surface area contributed by atoms with E-state index >= 15 is 0 Å². The molecule has 0 spiro atoms. The molecule has 1 aromatic heterocycles. The van der Waals surface area contributed by atoms with Crippen LogP contribution in [-0.2, 0) is 0 Å². The smallest absolute Gasteiger partial charge is 0.293 e. The minimum atomic E-state index is -0.179. The Hall–Kier alpha value is -1.92. The highest BCUT2D eigenvalue weighted by atomic mass is 35.5. The highest BCUT2D eigenvalue weighted by molar-refractivity contribution is 6.32. The van der Waals surface area contributed by atoms with Gasteiger partial charge in [0.1, 0.15) is 5.82 Å². The summed E-state index contributed by atoms with van der Waals surface area (Å²) in [7, 11) is 0. The largest absolute Gasteiger partial charge is 0.396 e. The van der Waals surface area contributed by atoms with Gasteiger partial charge in [0.05, 0.1) is 10.7 Å². The first kappa shape index (κ1) is 16.9. The highest BCUT2D eigenvalue weighted by Gasteiger charge is 2.29. The summed E-state index contributed by atoms with van der Waals surface area (Å²) < 4.78 is 1.60. The molecule has 1 unspecified atom stereocenters. The van der Waals surface area contributed by atoms with E-state index in [0.717, 1.165) is 19.3 Å². The molecule has 1 aliphatic rings. The first-order chi connectivity index (χ1) is 11.6. The fourth-order valence-corrected chi connectivity index (χ4v) is 3.39. The van der Waals surface area contributed by atoms with E-state index in [2.05, 4.69) is 10.1 Å². The molecule has 3 rings (SSSR count). The molecule has 0 aliphatic carbocycles. The van der Waals surface area contributed by atoms with Gasteiger partial charge in [0.2, 0.25) is 5.82 Å². The fourth-order valence-electron chi connectivity index (χ4n) is 3.18. The molecular formula is C17H21ClN4O2. The predicted octanol–water partition coefficient (Wildman–Crippen LogP) is 2.61. The summed E-state index contributed by atoms with van der Waals surface area (Å²) in [6, 6.07) is 7.39. The Morgan fingerprint density at radius 3 is 2.92 bits per heavy atom. The molecule has 1 saturated heterocycles. The molecule has 1 fully saturated rings. The zero-order valence-electron chi connectivity index (χ0n) is 13.7. The number of aromatic nitrogens is 3. The maximum Gasteiger partial charge on any atom is 0.293 e. The molecule has 2 heterocycles. The number of aliphatic hydroxyl groups excluding tert-OH is 1. The van der Waals surface area contributed by atoms with Crippen LogP contribution in [0.4, 0.5) is 0 Å². The molecule has 2 aromatic rings. The third-order valence-electron chi connectivity index (χ3n) is 4.39. The monoisotopic (exact) mass is 348 g/mol. The molecule has 24 heavy (non-hydrogen) atoms. The molecule has 0 radical (unpaired) electrons. The molecule has 128 valence electrons. The second kappa shape index (κ2) is 7.32. The first-order valence-electron chi connectivity index (χ1n) is 8.22. The van der Waals surface area contributed by atoms with Gasteiger partial charge in [-0.05, 0) is 44.7 Å². The molecule has 1 atom stereocenters. The summed E-state index contributed by atoms with van der Waals surface area (Å²) in [5.74, 6) is 0.612. The molecule has 1 aliphatic heterocycles. The lowest BCUT2D eigenvalue weighted by Crippen LogP contribution is -2.44. The zero-order chi connectivity index (χ0) is 17.1. The normalized spacial score (nSPS) is 18.0.